The number of rotatable bonds is 2. The Kier molecular flexibility index (Phi) is 3.56. The highest BCUT2D eigenvalue weighted by Gasteiger charge is 2.28. The van der Waals surface area contributed by atoms with Crippen molar-refractivity contribution in [2.75, 3.05) is 0 Å². The van der Waals surface area contributed by atoms with Gasteiger partial charge in [0.25, 0.3) is 5.91 Å². The van der Waals surface area contributed by atoms with E-state index in [1.165, 1.54) is 6.07 Å². The summed E-state index contributed by atoms with van der Waals surface area (Å²) in [6.07, 6.45) is 2.40. The van der Waals surface area contributed by atoms with Crippen LogP contribution in [0.15, 0.2) is 18.2 Å². The molecule has 1 aromatic carbocycles. The van der Waals surface area contributed by atoms with Gasteiger partial charge in [-0.3, -0.25) is 4.79 Å². The lowest BCUT2D eigenvalue weighted by Crippen LogP contribution is -2.36. The average molecular weight is 250 g/mol. The van der Waals surface area contributed by atoms with Crippen LogP contribution in [0, 0.1) is 28.9 Å². The van der Waals surface area contributed by atoms with E-state index in [4.69, 9.17) is 5.26 Å². The van der Waals surface area contributed by atoms with E-state index in [0.717, 1.165) is 31.4 Å². The molecule has 0 bridgehead atoms. The normalized spacial score (nSPS) is 22.5. The fourth-order valence-electron chi connectivity index (χ4n) is 2.18. The number of carbonyl (C=O) groups is 1. The predicted octanol–water partition coefficient (Wildman–Crippen LogP) is 2.39. The van der Waals surface area contributed by atoms with Gasteiger partial charge in [0.05, 0.1) is 12.0 Å². The molecule has 94 valence electrons. The van der Waals surface area contributed by atoms with Crippen LogP contribution in [0.4, 0.5) is 8.78 Å². The van der Waals surface area contributed by atoms with Gasteiger partial charge in [-0.1, -0.05) is 0 Å². The number of nitrogens with zero attached hydrogens (tertiary/aromatic N) is 1. The number of carbonyl (C=O) groups excluding carboxylic acids is 1. The Labute approximate surface area is 103 Å². The summed E-state index contributed by atoms with van der Waals surface area (Å²) in [5, 5.41) is 11.6. The first-order valence-corrected chi connectivity index (χ1v) is 5.77. The maximum atomic E-state index is 13.0. The van der Waals surface area contributed by atoms with Gasteiger partial charge in [-0.15, -0.1) is 0 Å². The molecule has 2 unspecified atom stereocenters. The molecule has 0 aliphatic heterocycles. The topological polar surface area (TPSA) is 52.9 Å². The summed E-state index contributed by atoms with van der Waals surface area (Å²) >= 11 is 0. The monoisotopic (exact) mass is 250 g/mol. The first kappa shape index (κ1) is 12.5. The molecule has 1 aromatic rings. The number of nitriles is 1. The van der Waals surface area contributed by atoms with Crippen LogP contribution in [0.2, 0.25) is 0 Å². The van der Waals surface area contributed by atoms with E-state index in [0.29, 0.717) is 0 Å². The summed E-state index contributed by atoms with van der Waals surface area (Å²) in [4.78, 5) is 11.8. The maximum absolute atomic E-state index is 13.0. The first-order chi connectivity index (χ1) is 8.61. The summed E-state index contributed by atoms with van der Waals surface area (Å²) in [6.45, 7) is 0. The lowest BCUT2D eigenvalue weighted by Gasteiger charge is -2.15. The molecule has 5 heteroatoms. The molecule has 0 saturated heterocycles. The zero-order chi connectivity index (χ0) is 13.1. The largest absolute Gasteiger partial charge is 0.348 e. The Morgan fingerprint density at radius 2 is 2.11 bits per heavy atom. The van der Waals surface area contributed by atoms with Gasteiger partial charge in [0.1, 0.15) is 0 Å². The van der Waals surface area contributed by atoms with E-state index in [9.17, 15) is 13.6 Å². The fourth-order valence-corrected chi connectivity index (χ4v) is 2.18. The van der Waals surface area contributed by atoms with E-state index >= 15 is 0 Å². The van der Waals surface area contributed by atoms with Gasteiger partial charge in [-0.2, -0.15) is 5.26 Å². The summed E-state index contributed by atoms with van der Waals surface area (Å²) in [5.74, 6) is -2.70. The molecule has 1 saturated carbocycles. The molecule has 0 heterocycles. The van der Waals surface area contributed by atoms with Crippen LogP contribution in [0.25, 0.3) is 0 Å². The molecule has 1 N–H and O–H groups in total. The molecular formula is C13H12F2N2O. The minimum atomic E-state index is -1.05. The van der Waals surface area contributed by atoms with Crippen LogP contribution in [0.1, 0.15) is 29.6 Å². The number of benzene rings is 1. The van der Waals surface area contributed by atoms with Crippen LogP contribution in [-0.2, 0) is 0 Å². The highest BCUT2D eigenvalue weighted by Crippen LogP contribution is 2.25. The Balaban J connectivity index is 2.08. The molecule has 1 aliphatic rings. The van der Waals surface area contributed by atoms with Crippen molar-refractivity contribution in [2.24, 2.45) is 5.92 Å². The highest BCUT2D eigenvalue weighted by atomic mass is 19.2. The molecule has 3 nitrogen and oxygen atoms in total. The molecular weight excluding hydrogens is 238 g/mol. The summed E-state index contributed by atoms with van der Waals surface area (Å²) in [6, 6.07) is 4.95. The molecule has 0 radical (unpaired) electrons. The van der Waals surface area contributed by atoms with Gasteiger partial charge in [-0.25, -0.2) is 8.78 Å². The van der Waals surface area contributed by atoms with Gasteiger partial charge >= 0.3 is 0 Å². The minimum absolute atomic E-state index is 0.0671. The standard InChI is InChI=1S/C13H12F2N2O/c14-10-5-4-8(6-11(10)15)13(18)17-12-3-1-2-9(12)7-16/h4-6,9,12H,1-3H2,(H,17,18). The maximum Gasteiger partial charge on any atom is 0.251 e. The molecule has 2 atom stereocenters. The molecule has 0 aromatic heterocycles. The average Bonchev–Trinajstić information content (AvgIpc) is 2.79. The Hall–Kier alpha value is -1.96. The van der Waals surface area contributed by atoms with Crippen LogP contribution >= 0.6 is 0 Å². The van der Waals surface area contributed by atoms with Crippen molar-refractivity contribution in [2.45, 2.75) is 25.3 Å². The molecule has 1 fully saturated rings. The molecule has 18 heavy (non-hydrogen) atoms. The van der Waals surface area contributed by atoms with Crippen molar-refractivity contribution >= 4 is 5.91 Å². The molecule has 0 spiro atoms. The van der Waals surface area contributed by atoms with Crippen molar-refractivity contribution in [1.82, 2.24) is 5.32 Å². The van der Waals surface area contributed by atoms with Crippen molar-refractivity contribution in [3.63, 3.8) is 0 Å². The fraction of sp³-hybridized carbons (Fsp3) is 0.385. The quantitative estimate of drug-likeness (QED) is 0.876. The summed E-state index contributed by atoms with van der Waals surface area (Å²) in [5.41, 5.74) is 0.0671. The second-order valence-electron chi connectivity index (χ2n) is 4.38. The van der Waals surface area contributed by atoms with E-state index in [-0.39, 0.29) is 17.5 Å². The zero-order valence-corrected chi connectivity index (χ0v) is 9.62. The van der Waals surface area contributed by atoms with Gasteiger partial charge in [0.15, 0.2) is 11.6 Å². The number of halogens is 2. The van der Waals surface area contributed by atoms with Crippen LogP contribution in [0.5, 0.6) is 0 Å². The van der Waals surface area contributed by atoms with Gasteiger partial charge in [0.2, 0.25) is 0 Å². The first-order valence-electron chi connectivity index (χ1n) is 5.77. The predicted molar refractivity (Wildman–Crippen MR) is 60.6 cm³/mol. The van der Waals surface area contributed by atoms with E-state index in [1.807, 2.05) is 0 Å². The Morgan fingerprint density at radius 3 is 2.78 bits per heavy atom. The van der Waals surface area contributed by atoms with Crippen molar-refractivity contribution in [3.8, 4) is 6.07 Å². The third-order valence-corrected chi connectivity index (χ3v) is 3.18. The Bertz CT molecular complexity index is 510. The van der Waals surface area contributed by atoms with Crippen LogP contribution in [-0.4, -0.2) is 11.9 Å². The van der Waals surface area contributed by atoms with Crippen molar-refractivity contribution in [1.29, 1.82) is 5.26 Å². The second kappa shape index (κ2) is 5.13. The van der Waals surface area contributed by atoms with Crippen LogP contribution < -0.4 is 5.32 Å². The minimum Gasteiger partial charge on any atom is -0.348 e. The third-order valence-electron chi connectivity index (χ3n) is 3.18. The van der Waals surface area contributed by atoms with Gasteiger partial charge in [-0.05, 0) is 37.5 Å². The number of amides is 1. The van der Waals surface area contributed by atoms with Crippen LogP contribution in [0.3, 0.4) is 0 Å². The summed E-state index contributed by atoms with van der Waals surface area (Å²) in [7, 11) is 0. The third kappa shape index (κ3) is 2.48. The molecule has 1 amide bonds. The zero-order valence-electron chi connectivity index (χ0n) is 9.62. The number of nitrogens with one attached hydrogen (secondary N) is 1. The smallest absolute Gasteiger partial charge is 0.251 e. The molecule has 2 rings (SSSR count). The summed E-state index contributed by atoms with van der Waals surface area (Å²) < 4.78 is 25.7. The molecule has 1 aliphatic carbocycles. The van der Waals surface area contributed by atoms with E-state index < -0.39 is 17.5 Å². The van der Waals surface area contributed by atoms with E-state index in [2.05, 4.69) is 11.4 Å². The highest BCUT2D eigenvalue weighted by molar-refractivity contribution is 5.94. The Morgan fingerprint density at radius 1 is 1.33 bits per heavy atom. The number of hydrogen-bond donors (Lipinski definition) is 1. The SMILES string of the molecule is N#CC1CCCC1NC(=O)c1ccc(F)c(F)c1. The van der Waals surface area contributed by atoms with Crippen molar-refractivity contribution in [3.05, 3.63) is 35.4 Å². The lowest BCUT2D eigenvalue weighted by atomic mass is 10.1. The van der Waals surface area contributed by atoms with Gasteiger partial charge < -0.3 is 5.32 Å². The second-order valence-corrected chi connectivity index (χ2v) is 4.38. The van der Waals surface area contributed by atoms with Gasteiger partial charge in [0, 0.05) is 11.6 Å². The number of hydrogen-bond acceptors (Lipinski definition) is 2. The van der Waals surface area contributed by atoms with E-state index in [1.54, 1.807) is 0 Å². The van der Waals surface area contributed by atoms with Crippen molar-refractivity contribution < 1.29 is 13.6 Å². The lowest BCUT2D eigenvalue weighted by molar-refractivity contribution is 0.0932.